The summed E-state index contributed by atoms with van der Waals surface area (Å²) in [6.45, 7) is 0.927. The molecule has 3 heterocycles. The molecule has 3 rings (SSSR count). The summed E-state index contributed by atoms with van der Waals surface area (Å²) in [5.74, 6) is -0.697. The quantitative estimate of drug-likeness (QED) is 0.897. The van der Waals surface area contributed by atoms with E-state index in [4.69, 9.17) is 9.68 Å². The SMILES string of the molecule is N#Cc1ccsc1NC(=O)c1ccc(S(=O)(=O)N2CCCCC2)o1. The molecule has 24 heavy (non-hydrogen) atoms. The molecule has 2 aromatic rings. The molecule has 1 aliphatic rings. The summed E-state index contributed by atoms with van der Waals surface area (Å²) in [4.78, 5) is 12.2. The Labute approximate surface area is 143 Å². The molecule has 0 radical (unpaired) electrons. The van der Waals surface area contributed by atoms with Gasteiger partial charge in [-0.2, -0.15) is 9.57 Å². The summed E-state index contributed by atoms with van der Waals surface area (Å²) in [5.41, 5.74) is 0.348. The fourth-order valence-electron chi connectivity index (χ4n) is 2.47. The molecule has 0 saturated carbocycles. The van der Waals surface area contributed by atoms with E-state index in [1.165, 1.54) is 27.8 Å². The van der Waals surface area contributed by atoms with Crippen molar-refractivity contribution in [3.63, 3.8) is 0 Å². The first kappa shape index (κ1) is 16.7. The summed E-state index contributed by atoms with van der Waals surface area (Å²) < 4.78 is 31.6. The molecule has 0 aliphatic carbocycles. The monoisotopic (exact) mass is 365 g/mol. The van der Waals surface area contributed by atoms with Crippen LogP contribution >= 0.6 is 11.3 Å². The van der Waals surface area contributed by atoms with Crippen molar-refractivity contribution in [3.8, 4) is 6.07 Å². The van der Waals surface area contributed by atoms with Crippen molar-refractivity contribution in [3.05, 3.63) is 34.9 Å². The Hall–Kier alpha value is -2.15. The van der Waals surface area contributed by atoms with E-state index in [2.05, 4.69) is 5.32 Å². The number of nitrogens with zero attached hydrogens (tertiary/aromatic N) is 2. The summed E-state index contributed by atoms with van der Waals surface area (Å²) in [6.07, 6.45) is 2.66. The zero-order valence-corrected chi connectivity index (χ0v) is 14.3. The summed E-state index contributed by atoms with van der Waals surface area (Å²) in [7, 11) is -3.71. The van der Waals surface area contributed by atoms with Crippen molar-refractivity contribution in [2.24, 2.45) is 0 Å². The predicted octanol–water partition coefficient (Wildman–Crippen LogP) is 2.64. The molecule has 0 aromatic carbocycles. The highest BCUT2D eigenvalue weighted by Crippen LogP contribution is 2.25. The second-order valence-electron chi connectivity index (χ2n) is 5.31. The molecule has 1 aliphatic heterocycles. The smallest absolute Gasteiger partial charge is 0.292 e. The highest BCUT2D eigenvalue weighted by molar-refractivity contribution is 7.89. The number of carbonyl (C=O) groups excluding carboxylic acids is 1. The van der Waals surface area contributed by atoms with Crippen LogP contribution in [0.5, 0.6) is 0 Å². The van der Waals surface area contributed by atoms with E-state index in [9.17, 15) is 13.2 Å². The van der Waals surface area contributed by atoms with Crippen LogP contribution in [0.3, 0.4) is 0 Å². The lowest BCUT2D eigenvalue weighted by molar-refractivity contribution is 0.0991. The molecule has 1 N–H and O–H groups in total. The average Bonchev–Trinajstić information content (AvgIpc) is 3.25. The molecular weight excluding hydrogens is 350 g/mol. The molecule has 0 unspecified atom stereocenters. The van der Waals surface area contributed by atoms with Crippen LogP contribution < -0.4 is 5.32 Å². The lowest BCUT2D eigenvalue weighted by Crippen LogP contribution is -2.35. The third-order valence-corrected chi connectivity index (χ3v) is 6.33. The number of piperidine rings is 1. The minimum atomic E-state index is -3.71. The Morgan fingerprint density at radius 3 is 2.71 bits per heavy atom. The van der Waals surface area contributed by atoms with Crippen LogP contribution in [0.1, 0.15) is 35.4 Å². The number of thiophene rings is 1. The van der Waals surface area contributed by atoms with Crippen molar-refractivity contribution in [1.82, 2.24) is 4.31 Å². The van der Waals surface area contributed by atoms with Crippen molar-refractivity contribution >= 4 is 32.3 Å². The Morgan fingerprint density at radius 1 is 1.25 bits per heavy atom. The topological polar surface area (TPSA) is 103 Å². The van der Waals surface area contributed by atoms with Crippen molar-refractivity contribution in [2.75, 3.05) is 18.4 Å². The van der Waals surface area contributed by atoms with E-state index in [1.807, 2.05) is 6.07 Å². The van der Waals surface area contributed by atoms with Crippen molar-refractivity contribution < 1.29 is 17.6 Å². The van der Waals surface area contributed by atoms with Gasteiger partial charge in [0, 0.05) is 13.1 Å². The minimum Gasteiger partial charge on any atom is -0.438 e. The normalized spacial score (nSPS) is 15.8. The average molecular weight is 365 g/mol. The molecule has 1 amide bonds. The van der Waals surface area contributed by atoms with Crippen LogP contribution in [-0.4, -0.2) is 31.7 Å². The summed E-state index contributed by atoms with van der Waals surface area (Å²) in [5, 5.41) is 13.4. The Morgan fingerprint density at radius 2 is 2.00 bits per heavy atom. The highest BCUT2D eigenvalue weighted by atomic mass is 32.2. The van der Waals surface area contributed by atoms with E-state index >= 15 is 0 Å². The van der Waals surface area contributed by atoms with E-state index < -0.39 is 15.9 Å². The van der Waals surface area contributed by atoms with Gasteiger partial charge in [-0.25, -0.2) is 8.42 Å². The van der Waals surface area contributed by atoms with Gasteiger partial charge in [-0.15, -0.1) is 11.3 Å². The second kappa shape index (κ2) is 6.76. The number of nitriles is 1. The first-order valence-corrected chi connectivity index (χ1v) is 9.73. The van der Waals surface area contributed by atoms with Gasteiger partial charge in [-0.1, -0.05) is 6.42 Å². The van der Waals surface area contributed by atoms with Gasteiger partial charge in [0.2, 0.25) is 5.09 Å². The molecule has 126 valence electrons. The lowest BCUT2D eigenvalue weighted by atomic mass is 10.2. The summed E-state index contributed by atoms with van der Waals surface area (Å²) in [6, 6.07) is 6.17. The molecule has 1 fully saturated rings. The fourth-order valence-corrected chi connectivity index (χ4v) is 4.63. The minimum absolute atomic E-state index is 0.108. The molecule has 0 spiro atoms. The Bertz CT molecular complexity index is 886. The van der Waals surface area contributed by atoms with Gasteiger partial charge >= 0.3 is 0 Å². The van der Waals surface area contributed by atoms with Crippen LogP contribution in [-0.2, 0) is 10.0 Å². The third kappa shape index (κ3) is 3.21. The molecule has 9 heteroatoms. The number of sulfonamides is 1. The van der Waals surface area contributed by atoms with Crippen molar-refractivity contribution in [1.29, 1.82) is 5.26 Å². The Kier molecular flexibility index (Phi) is 4.71. The zero-order valence-electron chi connectivity index (χ0n) is 12.7. The summed E-state index contributed by atoms with van der Waals surface area (Å²) >= 11 is 1.21. The molecule has 2 aromatic heterocycles. The second-order valence-corrected chi connectivity index (χ2v) is 8.10. The lowest BCUT2D eigenvalue weighted by Gasteiger charge is -2.24. The van der Waals surface area contributed by atoms with Crippen LogP contribution in [0.15, 0.2) is 33.1 Å². The fraction of sp³-hybridized carbons (Fsp3) is 0.333. The van der Waals surface area contributed by atoms with Crippen LogP contribution in [0.4, 0.5) is 5.00 Å². The molecular formula is C15H15N3O4S2. The maximum Gasteiger partial charge on any atom is 0.292 e. The molecule has 7 nitrogen and oxygen atoms in total. The van der Waals surface area contributed by atoms with E-state index in [1.54, 1.807) is 11.4 Å². The first-order valence-electron chi connectivity index (χ1n) is 7.41. The maximum atomic E-state index is 12.5. The van der Waals surface area contributed by atoms with Crippen molar-refractivity contribution in [2.45, 2.75) is 24.4 Å². The number of anilines is 1. The van der Waals surface area contributed by atoms with Gasteiger partial charge in [-0.05, 0) is 36.4 Å². The van der Waals surface area contributed by atoms with Gasteiger partial charge in [0.05, 0.1) is 5.56 Å². The number of amides is 1. The predicted molar refractivity (Wildman–Crippen MR) is 88.3 cm³/mol. The maximum absolute atomic E-state index is 12.5. The van der Waals surface area contributed by atoms with E-state index in [-0.39, 0.29) is 10.9 Å². The Balaban J connectivity index is 1.77. The van der Waals surface area contributed by atoms with Crippen LogP contribution in [0.25, 0.3) is 0 Å². The van der Waals surface area contributed by atoms with Crippen LogP contribution in [0, 0.1) is 11.3 Å². The zero-order chi connectivity index (χ0) is 17.2. The first-order chi connectivity index (χ1) is 11.5. The number of carbonyl (C=O) groups is 1. The van der Waals surface area contributed by atoms with Gasteiger partial charge < -0.3 is 9.73 Å². The van der Waals surface area contributed by atoms with E-state index in [0.717, 1.165) is 19.3 Å². The largest absolute Gasteiger partial charge is 0.438 e. The van der Waals surface area contributed by atoms with Crippen LogP contribution in [0.2, 0.25) is 0 Å². The van der Waals surface area contributed by atoms with Gasteiger partial charge in [0.15, 0.2) is 5.76 Å². The molecule has 1 saturated heterocycles. The number of nitrogens with one attached hydrogen (secondary N) is 1. The van der Waals surface area contributed by atoms with E-state index in [0.29, 0.717) is 23.7 Å². The number of hydrogen-bond donors (Lipinski definition) is 1. The van der Waals surface area contributed by atoms with Gasteiger partial charge in [-0.3, -0.25) is 4.79 Å². The van der Waals surface area contributed by atoms with Gasteiger partial charge in [0.25, 0.3) is 15.9 Å². The number of rotatable bonds is 4. The standard InChI is InChI=1S/C15H15N3O4S2/c16-10-11-6-9-23-15(11)17-14(19)12-4-5-13(22-12)24(20,21)18-7-2-1-3-8-18/h4-6,9H,1-3,7-8H2,(H,17,19). The molecule has 0 atom stereocenters. The molecule has 0 bridgehead atoms. The number of furan rings is 1. The third-order valence-electron chi connectivity index (χ3n) is 3.73. The number of hydrogen-bond acceptors (Lipinski definition) is 6. The highest BCUT2D eigenvalue weighted by Gasteiger charge is 2.29. The van der Waals surface area contributed by atoms with Gasteiger partial charge in [0.1, 0.15) is 11.1 Å².